The second-order valence-electron chi connectivity index (χ2n) is 3.62. The number of ether oxygens (including phenoxy) is 1. The summed E-state index contributed by atoms with van der Waals surface area (Å²) in [4.78, 5) is 15.3. The van der Waals surface area contributed by atoms with Crippen molar-refractivity contribution in [3.8, 4) is 0 Å². The first-order chi connectivity index (χ1) is 6.72. The van der Waals surface area contributed by atoms with E-state index in [0.29, 0.717) is 6.61 Å². The zero-order valence-corrected chi connectivity index (χ0v) is 9.16. The first-order valence-electron chi connectivity index (χ1n) is 5.30. The predicted octanol–water partition coefficient (Wildman–Crippen LogP) is 0.187. The zero-order valence-electron chi connectivity index (χ0n) is 9.16. The number of rotatable bonds is 4. The Hall–Kier alpha value is -0.610. The Morgan fingerprint density at radius 2 is 1.79 bits per heavy atom. The first-order valence-corrected chi connectivity index (χ1v) is 5.30. The molecular formula is C10H20N2O2. The SMILES string of the molecule is CCN1CCN(CCOC(C)=O)CC1. The lowest BCUT2D eigenvalue weighted by atomic mass is 10.3. The molecule has 1 fully saturated rings. The molecule has 0 amide bonds. The van der Waals surface area contributed by atoms with Gasteiger partial charge in [-0.25, -0.2) is 0 Å². The lowest BCUT2D eigenvalue weighted by Gasteiger charge is -2.33. The van der Waals surface area contributed by atoms with Crippen molar-refractivity contribution in [2.24, 2.45) is 0 Å². The lowest BCUT2D eigenvalue weighted by molar-refractivity contribution is -0.141. The molecule has 4 nitrogen and oxygen atoms in total. The number of carbonyl (C=O) groups is 1. The van der Waals surface area contributed by atoms with Crippen LogP contribution in [-0.2, 0) is 9.53 Å². The van der Waals surface area contributed by atoms with E-state index in [1.165, 1.54) is 6.92 Å². The summed E-state index contributed by atoms with van der Waals surface area (Å²) in [5, 5.41) is 0. The quantitative estimate of drug-likeness (QED) is 0.606. The minimum absolute atomic E-state index is 0.183. The van der Waals surface area contributed by atoms with Gasteiger partial charge in [0, 0.05) is 39.6 Å². The molecule has 0 aliphatic carbocycles. The average molecular weight is 200 g/mol. The van der Waals surface area contributed by atoms with E-state index >= 15 is 0 Å². The van der Waals surface area contributed by atoms with E-state index in [1.54, 1.807) is 0 Å². The van der Waals surface area contributed by atoms with Gasteiger partial charge in [-0.15, -0.1) is 0 Å². The van der Waals surface area contributed by atoms with Gasteiger partial charge in [0.25, 0.3) is 0 Å². The summed E-state index contributed by atoms with van der Waals surface area (Å²) in [5.74, 6) is -0.183. The average Bonchev–Trinajstić information content (AvgIpc) is 2.18. The van der Waals surface area contributed by atoms with E-state index in [2.05, 4.69) is 16.7 Å². The molecule has 4 heteroatoms. The minimum Gasteiger partial charge on any atom is -0.465 e. The number of esters is 1. The Bertz CT molecular complexity index is 177. The third kappa shape index (κ3) is 4.07. The molecule has 0 atom stereocenters. The van der Waals surface area contributed by atoms with Gasteiger partial charge in [0.2, 0.25) is 0 Å². The van der Waals surface area contributed by atoms with Crippen LogP contribution in [0.1, 0.15) is 13.8 Å². The summed E-state index contributed by atoms with van der Waals surface area (Å²) in [6.45, 7) is 10.6. The predicted molar refractivity (Wildman–Crippen MR) is 55.2 cm³/mol. The molecule has 0 aromatic heterocycles. The fourth-order valence-corrected chi connectivity index (χ4v) is 1.65. The van der Waals surface area contributed by atoms with Crippen LogP contribution in [0.3, 0.4) is 0 Å². The summed E-state index contributed by atoms with van der Waals surface area (Å²) >= 11 is 0. The minimum atomic E-state index is -0.183. The van der Waals surface area contributed by atoms with Crippen LogP contribution in [0.5, 0.6) is 0 Å². The number of likely N-dealkylation sites (N-methyl/N-ethyl adjacent to an activating group) is 1. The number of nitrogens with zero attached hydrogens (tertiary/aromatic N) is 2. The molecule has 0 bridgehead atoms. The molecule has 0 radical (unpaired) electrons. The third-order valence-corrected chi connectivity index (χ3v) is 2.62. The molecular weight excluding hydrogens is 180 g/mol. The molecule has 1 saturated heterocycles. The van der Waals surface area contributed by atoms with Crippen LogP contribution in [0.25, 0.3) is 0 Å². The molecule has 1 rings (SSSR count). The zero-order chi connectivity index (χ0) is 10.4. The van der Waals surface area contributed by atoms with Crippen molar-refractivity contribution >= 4 is 5.97 Å². The van der Waals surface area contributed by atoms with Crippen molar-refractivity contribution in [2.75, 3.05) is 45.9 Å². The van der Waals surface area contributed by atoms with Crippen LogP contribution in [0.15, 0.2) is 0 Å². The van der Waals surface area contributed by atoms with Crippen LogP contribution in [-0.4, -0.2) is 61.6 Å². The molecule has 1 aliphatic heterocycles. The van der Waals surface area contributed by atoms with Gasteiger partial charge in [-0.1, -0.05) is 6.92 Å². The maximum absolute atomic E-state index is 10.5. The standard InChI is InChI=1S/C10H20N2O2/c1-3-11-4-6-12(7-5-11)8-9-14-10(2)13/h3-9H2,1-2H3. The number of carbonyl (C=O) groups excluding carboxylic acids is 1. The number of piperazine rings is 1. The Balaban J connectivity index is 2.07. The fraction of sp³-hybridized carbons (Fsp3) is 0.900. The van der Waals surface area contributed by atoms with Crippen LogP contribution in [0.4, 0.5) is 0 Å². The van der Waals surface area contributed by atoms with Gasteiger partial charge in [-0.2, -0.15) is 0 Å². The van der Waals surface area contributed by atoms with Crippen molar-refractivity contribution in [3.05, 3.63) is 0 Å². The Kier molecular flexibility index (Phi) is 4.90. The monoisotopic (exact) mass is 200 g/mol. The number of hydrogen-bond acceptors (Lipinski definition) is 4. The topological polar surface area (TPSA) is 32.8 Å². The van der Waals surface area contributed by atoms with E-state index in [9.17, 15) is 4.79 Å². The molecule has 0 spiro atoms. The molecule has 0 saturated carbocycles. The summed E-state index contributed by atoms with van der Waals surface area (Å²) in [6, 6.07) is 0. The largest absolute Gasteiger partial charge is 0.465 e. The second kappa shape index (κ2) is 5.98. The van der Waals surface area contributed by atoms with Crippen molar-refractivity contribution in [1.29, 1.82) is 0 Å². The number of hydrogen-bond donors (Lipinski definition) is 0. The summed E-state index contributed by atoms with van der Waals surface area (Å²) in [5.41, 5.74) is 0. The van der Waals surface area contributed by atoms with Crippen molar-refractivity contribution in [2.45, 2.75) is 13.8 Å². The third-order valence-electron chi connectivity index (χ3n) is 2.62. The van der Waals surface area contributed by atoms with Crippen molar-refractivity contribution < 1.29 is 9.53 Å². The summed E-state index contributed by atoms with van der Waals surface area (Å²) in [6.07, 6.45) is 0. The molecule has 14 heavy (non-hydrogen) atoms. The van der Waals surface area contributed by atoms with Gasteiger partial charge >= 0.3 is 5.97 Å². The Morgan fingerprint density at radius 1 is 1.21 bits per heavy atom. The maximum Gasteiger partial charge on any atom is 0.302 e. The van der Waals surface area contributed by atoms with E-state index in [0.717, 1.165) is 39.3 Å². The van der Waals surface area contributed by atoms with E-state index < -0.39 is 0 Å². The molecule has 1 aliphatic rings. The van der Waals surface area contributed by atoms with Gasteiger partial charge in [-0.05, 0) is 6.54 Å². The molecule has 82 valence electrons. The Morgan fingerprint density at radius 3 is 2.29 bits per heavy atom. The van der Waals surface area contributed by atoms with Crippen molar-refractivity contribution in [1.82, 2.24) is 9.80 Å². The van der Waals surface area contributed by atoms with Crippen LogP contribution >= 0.6 is 0 Å². The van der Waals surface area contributed by atoms with E-state index in [-0.39, 0.29) is 5.97 Å². The highest BCUT2D eigenvalue weighted by atomic mass is 16.5. The highest BCUT2D eigenvalue weighted by molar-refractivity contribution is 5.65. The fourth-order valence-electron chi connectivity index (χ4n) is 1.65. The van der Waals surface area contributed by atoms with Gasteiger partial charge < -0.3 is 9.64 Å². The Labute approximate surface area is 85.8 Å². The van der Waals surface area contributed by atoms with Crippen LogP contribution in [0, 0.1) is 0 Å². The molecule has 0 aromatic carbocycles. The van der Waals surface area contributed by atoms with Gasteiger partial charge in [0.15, 0.2) is 0 Å². The van der Waals surface area contributed by atoms with E-state index in [4.69, 9.17) is 4.74 Å². The molecule has 0 unspecified atom stereocenters. The molecule has 0 N–H and O–H groups in total. The lowest BCUT2D eigenvalue weighted by Crippen LogP contribution is -2.47. The van der Waals surface area contributed by atoms with Gasteiger partial charge in [-0.3, -0.25) is 9.69 Å². The normalized spacial score (nSPS) is 19.6. The molecule has 0 aromatic rings. The van der Waals surface area contributed by atoms with Crippen LogP contribution in [0.2, 0.25) is 0 Å². The first kappa shape index (κ1) is 11.5. The van der Waals surface area contributed by atoms with Gasteiger partial charge in [0.1, 0.15) is 6.61 Å². The maximum atomic E-state index is 10.5. The van der Waals surface area contributed by atoms with Crippen LogP contribution < -0.4 is 0 Å². The second-order valence-corrected chi connectivity index (χ2v) is 3.62. The summed E-state index contributed by atoms with van der Waals surface area (Å²) < 4.78 is 4.90. The van der Waals surface area contributed by atoms with E-state index in [1.807, 2.05) is 0 Å². The smallest absolute Gasteiger partial charge is 0.302 e. The molecule has 1 heterocycles. The highest BCUT2D eigenvalue weighted by Crippen LogP contribution is 2.00. The highest BCUT2D eigenvalue weighted by Gasteiger charge is 2.14. The van der Waals surface area contributed by atoms with Gasteiger partial charge in [0.05, 0.1) is 0 Å². The van der Waals surface area contributed by atoms with Crippen molar-refractivity contribution in [3.63, 3.8) is 0 Å². The summed E-state index contributed by atoms with van der Waals surface area (Å²) in [7, 11) is 0.